The van der Waals surface area contributed by atoms with Gasteiger partial charge < -0.3 is 9.47 Å². The molecule has 0 spiro atoms. The predicted molar refractivity (Wildman–Crippen MR) is 85.2 cm³/mol. The van der Waals surface area contributed by atoms with Gasteiger partial charge in [-0.25, -0.2) is 5.43 Å². The molecule has 1 amide bonds. The van der Waals surface area contributed by atoms with E-state index in [1.165, 1.54) is 12.3 Å². The molecular formula is C14H13N3O5S. The zero-order valence-corrected chi connectivity index (χ0v) is 12.9. The number of thiophene rings is 1. The first-order chi connectivity index (χ1) is 11.1. The summed E-state index contributed by atoms with van der Waals surface area (Å²) in [4.78, 5) is 22.2. The van der Waals surface area contributed by atoms with Crippen molar-refractivity contribution in [2.75, 3.05) is 13.7 Å². The van der Waals surface area contributed by atoms with E-state index < -0.39 is 10.8 Å². The molecule has 0 unspecified atom stereocenters. The molecule has 0 aliphatic carbocycles. The third kappa shape index (κ3) is 5.08. The average molecular weight is 335 g/mol. The lowest BCUT2D eigenvalue weighted by Gasteiger charge is -2.05. The Morgan fingerprint density at radius 3 is 2.61 bits per heavy atom. The first-order valence-electron chi connectivity index (χ1n) is 6.41. The fourth-order valence-electron chi connectivity index (χ4n) is 1.53. The molecule has 1 heterocycles. The van der Waals surface area contributed by atoms with Gasteiger partial charge in [0.1, 0.15) is 11.5 Å². The summed E-state index contributed by atoms with van der Waals surface area (Å²) in [5.41, 5.74) is 2.28. The minimum Gasteiger partial charge on any atom is -0.497 e. The van der Waals surface area contributed by atoms with E-state index >= 15 is 0 Å². The van der Waals surface area contributed by atoms with Crippen molar-refractivity contribution in [3.8, 4) is 11.5 Å². The van der Waals surface area contributed by atoms with Gasteiger partial charge in [-0.1, -0.05) is 11.3 Å². The van der Waals surface area contributed by atoms with Crippen LogP contribution in [0.5, 0.6) is 11.5 Å². The number of benzene rings is 1. The Morgan fingerprint density at radius 2 is 2.00 bits per heavy atom. The van der Waals surface area contributed by atoms with E-state index in [4.69, 9.17) is 9.47 Å². The van der Waals surface area contributed by atoms with E-state index in [1.807, 2.05) is 0 Å². The maximum absolute atomic E-state index is 11.6. The number of nitrogens with zero attached hydrogens (tertiary/aromatic N) is 2. The minimum absolute atomic E-state index is 0.0145. The van der Waals surface area contributed by atoms with Gasteiger partial charge in [0.25, 0.3) is 5.91 Å². The molecule has 0 fully saturated rings. The van der Waals surface area contributed by atoms with E-state index in [1.54, 1.807) is 37.4 Å². The molecule has 1 aromatic carbocycles. The van der Waals surface area contributed by atoms with Gasteiger partial charge in [-0.2, -0.15) is 5.10 Å². The summed E-state index contributed by atoms with van der Waals surface area (Å²) >= 11 is 0.964. The number of nitrogens with one attached hydrogen (secondary N) is 1. The second-order valence-electron chi connectivity index (χ2n) is 4.19. The van der Waals surface area contributed by atoms with Crippen LogP contribution in [0.15, 0.2) is 41.5 Å². The number of nitro groups is 1. The molecule has 2 aromatic rings. The first kappa shape index (κ1) is 16.4. The highest BCUT2D eigenvalue weighted by Crippen LogP contribution is 2.22. The lowest BCUT2D eigenvalue weighted by Crippen LogP contribution is -2.24. The van der Waals surface area contributed by atoms with Crippen LogP contribution >= 0.6 is 11.3 Å². The molecule has 8 nitrogen and oxygen atoms in total. The summed E-state index contributed by atoms with van der Waals surface area (Å²) in [5, 5.41) is 14.3. The fourth-order valence-corrected chi connectivity index (χ4v) is 2.22. The predicted octanol–water partition coefficient (Wildman–Crippen LogP) is 2.19. The van der Waals surface area contributed by atoms with Crippen molar-refractivity contribution in [1.29, 1.82) is 0 Å². The number of rotatable bonds is 7. The highest BCUT2D eigenvalue weighted by atomic mass is 32.1. The zero-order chi connectivity index (χ0) is 16.7. The van der Waals surface area contributed by atoms with Crippen LogP contribution in [0.25, 0.3) is 0 Å². The van der Waals surface area contributed by atoms with E-state index in [9.17, 15) is 14.9 Å². The number of ether oxygens (including phenoxy) is 2. The maximum Gasteiger partial charge on any atom is 0.324 e. The van der Waals surface area contributed by atoms with Gasteiger partial charge >= 0.3 is 5.00 Å². The molecule has 23 heavy (non-hydrogen) atoms. The normalized spacial score (nSPS) is 10.5. The summed E-state index contributed by atoms with van der Waals surface area (Å²) in [5.74, 6) is 0.776. The second-order valence-corrected chi connectivity index (χ2v) is 5.28. The summed E-state index contributed by atoms with van der Waals surface area (Å²) in [7, 11) is 1.56. The number of hydrazone groups is 1. The Kier molecular flexibility index (Phi) is 5.64. The molecular weight excluding hydrogens is 322 g/mol. The van der Waals surface area contributed by atoms with E-state index in [0.29, 0.717) is 16.4 Å². The van der Waals surface area contributed by atoms with E-state index in [-0.39, 0.29) is 11.6 Å². The molecule has 2 rings (SSSR count). The van der Waals surface area contributed by atoms with E-state index in [2.05, 4.69) is 10.5 Å². The first-order valence-corrected chi connectivity index (χ1v) is 7.23. The van der Waals surface area contributed by atoms with Crippen LogP contribution in [-0.4, -0.2) is 30.8 Å². The second kappa shape index (κ2) is 7.90. The van der Waals surface area contributed by atoms with Crippen molar-refractivity contribution in [1.82, 2.24) is 5.43 Å². The molecule has 120 valence electrons. The molecule has 0 aliphatic rings. The van der Waals surface area contributed by atoms with Gasteiger partial charge in [0.15, 0.2) is 6.61 Å². The number of hydrogen-bond donors (Lipinski definition) is 1. The smallest absolute Gasteiger partial charge is 0.324 e. The highest BCUT2D eigenvalue weighted by molar-refractivity contribution is 7.16. The van der Waals surface area contributed by atoms with Crippen LogP contribution in [0.3, 0.4) is 0 Å². The zero-order valence-electron chi connectivity index (χ0n) is 12.1. The lowest BCUT2D eigenvalue weighted by molar-refractivity contribution is -0.380. The lowest BCUT2D eigenvalue weighted by atomic mass is 10.3. The largest absolute Gasteiger partial charge is 0.497 e. The molecule has 0 aliphatic heterocycles. The summed E-state index contributed by atoms with van der Waals surface area (Å²) in [6.45, 7) is -0.200. The topological polar surface area (TPSA) is 103 Å². The monoisotopic (exact) mass is 335 g/mol. The Hall–Kier alpha value is -2.94. The van der Waals surface area contributed by atoms with Crippen molar-refractivity contribution in [3.63, 3.8) is 0 Å². The van der Waals surface area contributed by atoms with Gasteiger partial charge in [-0.15, -0.1) is 0 Å². The molecule has 1 aromatic heterocycles. The fraction of sp³-hybridized carbons (Fsp3) is 0.143. The summed E-state index contributed by atoms with van der Waals surface area (Å²) in [6.07, 6.45) is 1.34. The number of hydrogen-bond acceptors (Lipinski definition) is 7. The molecule has 0 saturated carbocycles. The Labute approximate surface area is 135 Å². The average Bonchev–Trinajstić information content (AvgIpc) is 3.02. The van der Waals surface area contributed by atoms with Gasteiger partial charge in [0.2, 0.25) is 0 Å². The van der Waals surface area contributed by atoms with E-state index in [0.717, 1.165) is 11.3 Å². The quantitative estimate of drug-likeness (QED) is 0.474. The molecule has 1 N–H and O–H groups in total. The molecule has 9 heteroatoms. The van der Waals surface area contributed by atoms with Crippen LogP contribution in [-0.2, 0) is 4.79 Å². The van der Waals surface area contributed by atoms with Crippen molar-refractivity contribution < 1.29 is 19.2 Å². The van der Waals surface area contributed by atoms with Crippen LogP contribution in [0.4, 0.5) is 5.00 Å². The molecule has 0 atom stereocenters. The number of carbonyl (C=O) groups excluding carboxylic acids is 1. The van der Waals surface area contributed by atoms with Crippen molar-refractivity contribution in [2.24, 2.45) is 5.10 Å². The Bertz CT molecular complexity index is 711. The van der Waals surface area contributed by atoms with Crippen LogP contribution in [0.2, 0.25) is 0 Å². The molecule has 0 saturated heterocycles. The summed E-state index contributed by atoms with van der Waals surface area (Å²) < 4.78 is 10.3. The molecule has 0 bridgehead atoms. The van der Waals surface area contributed by atoms with Crippen LogP contribution in [0, 0.1) is 10.1 Å². The number of carbonyl (C=O) groups is 1. The standard InChI is InChI=1S/C14H13N3O5S/c1-21-10-2-4-11(5-3-10)22-9-13(18)16-15-8-12-6-7-14(23-12)17(19)20/h2-8H,9H2,1H3,(H,16,18). The van der Waals surface area contributed by atoms with Gasteiger partial charge in [0.05, 0.1) is 23.1 Å². The number of amides is 1. The molecule has 0 radical (unpaired) electrons. The van der Waals surface area contributed by atoms with Crippen molar-refractivity contribution >= 4 is 28.5 Å². The maximum atomic E-state index is 11.6. The van der Waals surface area contributed by atoms with Crippen LogP contribution in [0.1, 0.15) is 4.88 Å². The van der Waals surface area contributed by atoms with Gasteiger partial charge in [-0.05, 0) is 30.3 Å². The SMILES string of the molecule is COc1ccc(OCC(=O)NN=Cc2ccc([N+](=O)[O-])s2)cc1. The van der Waals surface area contributed by atoms with Crippen LogP contribution < -0.4 is 14.9 Å². The highest BCUT2D eigenvalue weighted by Gasteiger charge is 2.08. The number of methoxy groups -OCH3 is 1. The Morgan fingerprint density at radius 1 is 1.30 bits per heavy atom. The summed E-state index contributed by atoms with van der Waals surface area (Å²) in [6, 6.07) is 9.72. The minimum atomic E-state index is -0.483. The third-order valence-electron chi connectivity index (χ3n) is 2.60. The van der Waals surface area contributed by atoms with Crippen molar-refractivity contribution in [2.45, 2.75) is 0 Å². The van der Waals surface area contributed by atoms with Gasteiger partial charge in [0, 0.05) is 6.07 Å². The van der Waals surface area contributed by atoms with Crippen molar-refractivity contribution in [3.05, 3.63) is 51.4 Å². The Balaban J connectivity index is 1.77. The van der Waals surface area contributed by atoms with Gasteiger partial charge in [-0.3, -0.25) is 14.9 Å². The third-order valence-corrected chi connectivity index (χ3v) is 3.57.